The molecule has 0 aliphatic rings. The first-order chi connectivity index (χ1) is 8.72. The van der Waals surface area contributed by atoms with E-state index in [4.69, 9.17) is 9.84 Å². The molecule has 1 heterocycles. The van der Waals surface area contributed by atoms with Crippen molar-refractivity contribution < 1.29 is 14.6 Å². The summed E-state index contributed by atoms with van der Waals surface area (Å²) < 4.78 is 5.51. The lowest BCUT2D eigenvalue weighted by molar-refractivity contribution is 0.0697. The van der Waals surface area contributed by atoms with Gasteiger partial charge in [0.1, 0.15) is 5.75 Å². The maximum atomic E-state index is 11.0. The average molecular weight is 243 g/mol. The van der Waals surface area contributed by atoms with Gasteiger partial charge >= 0.3 is 5.97 Å². The summed E-state index contributed by atoms with van der Waals surface area (Å²) in [6.07, 6.45) is 3.36. The Hall–Kier alpha value is -2.36. The van der Waals surface area contributed by atoms with Gasteiger partial charge in [-0.05, 0) is 31.2 Å². The van der Waals surface area contributed by atoms with E-state index in [1.807, 2.05) is 13.0 Å². The van der Waals surface area contributed by atoms with E-state index in [0.29, 0.717) is 12.4 Å². The first-order valence-electron chi connectivity index (χ1n) is 5.63. The van der Waals surface area contributed by atoms with Crippen LogP contribution in [-0.2, 0) is 0 Å². The molecule has 0 bridgehead atoms. The van der Waals surface area contributed by atoms with Crippen molar-refractivity contribution in [1.29, 1.82) is 0 Å². The highest BCUT2D eigenvalue weighted by atomic mass is 16.5. The molecule has 0 saturated heterocycles. The Morgan fingerprint density at radius 3 is 2.83 bits per heavy atom. The fourth-order valence-electron chi connectivity index (χ4n) is 1.69. The van der Waals surface area contributed by atoms with Crippen LogP contribution < -0.4 is 4.74 Å². The monoisotopic (exact) mass is 243 g/mol. The van der Waals surface area contributed by atoms with Gasteiger partial charge < -0.3 is 9.84 Å². The van der Waals surface area contributed by atoms with E-state index < -0.39 is 5.97 Å². The van der Waals surface area contributed by atoms with Gasteiger partial charge in [-0.2, -0.15) is 0 Å². The van der Waals surface area contributed by atoms with Gasteiger partial charge in [-0.15, -0.1) is 0 Å². The van der Waals surface area contributed by atoms with Crippen LogP contribution in [0.1, 0.15) is 17.3 Å². The zero-order chi connectivity index (χ0) is 13.0. The molecule has 1 aromatic heterocycles. The number of ether oxygens (including phenoxy) is 1. The minimum atomic E-state index is -0.955. The summed E-state index contributed by atoms with van der Waals surface area (Å²) in [5, 5.41) is 9.02. The Morgan fingerprint density at radius 1 is 1.39 bits per heavy atom. The topological polar surface area (TPSA) is 59.4 Å². The highest BCUT2D eigenvalue weighted by molar-refractivity contribution is 5.90. The number of carboxylic acid groups (broad SMARTS) is 1. The number of hydrogen-bond acceptors (Lipinski definition) is 3. The van der Waals surface area contributed by atoms with Crippen LogP contribution in [0.4, 0.5) is 0 Å². The van der Waals surface area contributed by atoms with Crippen LogP contribution in [-0.4, -0.2) is 22.7 Å². The zero-order valence-electron chi connectivity index (χ0n) is 9.96. The second kappa shape index (κ2) is 5.31. The molecule has 4 heteroatoms. The van der Waals surface area contributed by atoms with Gasteiger partial charge in [0, 0.05) is 23.5 Å². The molecule has 2 rings (SSSR count). The van der Waals surface area contributed by atoms with E-state index in [-0.39, 0.29) is 5.56 Å². The number of nitrogens with zero attached hydrogens (tertiary/aromatic N) is 1. The fourth-order valence-corrected chi connectivity index (χ4v) is 1.69. The summed E-state index contributed by atoms with van der Waals surface area (Å²) in [5.74, 6) is -0.293. The Labute approximate surface area is 105 Å². The number of carbonyl (C=O) groups is 1. The molecule has 0 atom stereocenters. The fraction of sp³-hybridized carbons (Fsp3) is 0.143. The van der Waals surface area contributed by atoms with Crippen LogP contribution in [0.2, 0.25) is 0 Å². The van der Waals surface area contributed by atoms with E-state index in [0.717, 1.165) is 11.1 Å². The smallest absolute Gasteiger partial charge is 0.335 e. The van der Waals surface area contributed by atoms with Gasteiger partial charge in [-0.1, -0.05) is 6.07 Å². The van der Waals surface area contributed by atoms with Crippen LogP contribution in [0.25, 0.3) is 11.1 Å². The first kappa shape index (κ1) is 12.1. The number of aromatic nitrogens is 1. The quantitative estimate of drug-likeness (QED) is 0.897. The summed E-state index contributed by atoms with van der Waals surface area (Å²) >= 11 is 0. The number of aromatic carboxylic acids is 1. The van der Waals surface area contributed by atoms with Crippen molar-refractivity contribution >= 4 is 5.97 Å². The molecule has 0 aliphatic carbocycles. The van der Waals surface area contributed by atoms with Crippen molar-refractivity contribution in [3.8, 4) is 16.9 Å². The summed E-state index contributed by atoms with van der Waals surface area (Å²) in [7, 11) is 0. The summed E-state index contributed by atoms with van der Waals surface area (Å²) in [4.78, 5) is 15.0. The molecule has 4 nitrogen and oxygen atoms in total. The molecule has 0 amide bonds. The maximum absolute atomic E-state index is 11.0. The molecule has 0 radical (unpaired) electrons. The summed E-state index contributed by atoms with van der Waals surface area (Å²) in [6, 6.07) is 8.49. The molecule has 0 aliphatic heterocycles. The molecule has 0 fully saturated rings. The molecule has 92 valence electrons. The molecule has 0 spiro atoms. The second-order valence-electron chi connectivity index (χ2n) is 3.69. The third-order valence-corrected chi connectivity index (χ3v) is 2.50. The molecule has 0 unspecified atom stereocenters. The van der Waals surface area contributed by atoms with Gasteiger partial charge in [0.2, 0.25) is 0 Å². The predicted molar refractivity (Wildman–Crippen MR) is 67.8 cm³/mol. The van der Waals surface area contributed by atoms with E-state index >= 15 is 0 Å². The molecule has 1 aromatic carbocycles. The van der Waals surface area contributed by atoms with E-state index in [1.165, 1.54) is 6.07 Å². The molecule has 18 heavy (non-hydrogen) atoms. The second-order valence-corrected chi connectivity index (χ2v) is 3.69. The van der Waals surface area contributed by atoms with E-state index in [2.05, 4.69) is 4.98 Å². The minimum Gasteiger partial charge on any atom is -0.493 e. The van der Waals surface area contributed by atoms with Crippen molar-refractivity contribution in [1.82, 2.24) is 4.98 Å². The molecule has 0 saturated carbocycles. The van der Waals surface area contributed by atoms with Gasteiger partial charge in [0.05, 0.1) is 12.2 Å². The Balaban J connectivity index is 2.54. The summed E-state index contributed by atoms with van der Waals surface area (Å²) in [6.45, 7) is 2.41. The lowest BCUT2D eigenvalue weighted by Crippen LogP contribution is -1.99. The third-order valence-electron chi connectivity index (χ3n) is 2.50. The minimum absolute atomic E-state index is 0.234. The number of hydrogen-bond donors (Lipinski definition) is 1. The Kier molecular flexibility index (Phi) is 3.57. The van der Waals surface area contributed by atoms with Gasteiger partial charge in [-0.3, -0.25) is 4.98 Å². The lowest BCUT2D eigenvalue weighted by atomic mass is 10.0. The van der Waals surface area contributed by atoms with Crippen molar-refractivity contribution in [2.75, 3.05) is 6.61 Å². The third kappa shape index (κ3) is 2.48. The van der Waals surface area contributed by atoms with Crippen molar-refractivity contribution in [3.63, 3.8) is 0 Å². The SMILES string of the molecule is CCOc1ccc(C(=O)O)cc1-c1cccnc1. The highest BCUT2D eigenvalue weighted by Crippen LogP contribution is 2.30. The van der Waals surface area contributed by atoms with Crippen LogP contribution in [0, 0.1) is 0 Å². The van der Waals surface area contributed by atoms with Gasteiger partial charge in [0.25, 0.3) is 0 Å². The zero-order valence-corrected chi connectivity index (χ0v) is 9.96. The molecular weight excluding hydrogens is 230 g/mol. The molecule has 2 aromatic rings. The van der Waals surface area contributed by atoms with Crippen LogP contribution in [0.3, 0.4) is 0 Å². The van der Waals surface area contributed by atoms with Crippen molar-refractivity contribution in [3.05, 3.63) is 48.3 Å². The van der Waals surface area contributed by atoms with Crippen LogP contribution in [0.15, 0.2) is 42.7 Å². The predicted octanol–water partition coefficient (Wildman–Crippen LogP) is 2.85. The number of carboxylic acids is 1. The maximum Gasteiger partial charge on any atom is 0.335 e. The van der Waals surface area contributed by atoms with Crippen molar-refractivity contribution in [2.24, 2.45) is 0 Å². The first-order valence-corrected chi connectivity index (χ1v) is 5.63. The van der Waals surface area contributed by atoms with E-state index in [9.17, 15) is 4.79 Å². The van der Waals surface area contributed by atoms with Crippen LogP contribution in [0.5, 0.6) is 5.75 Å². The van der Waals surface area contributed by atoms with Crippen molar-refractivity contribution in [2.45, 2.75) is 6.92 Å². The standard InChI is InChI=1S/C14H13NO3/c1-2-18-13-6-5-10(14(16)17)8-12(13)11-4-3-7-15-9-11/h3-9H,2H2,1H3,(H,16,17). The number of pyridine rings is 1. The largest absolute Gasteiger partial charge is 0.493 e. The Morgan fingerprint density at radius 2 is 2.22 bits per heavy atom. The normalized spacial score (nSPS) is 10.1. The number of benzene rings is 1. The summed E-state index contributed by atoms with van der Waals surface area (Å²) in [5.41, 5.74) is 1.81. The van der Waals surface area contributed by atoms with Gasteiger partial charge in [-0.25, -0.2) is 4.79 Å². The lowest BCUT2D eigenvalue weighted by Gasteiger charge is -2.10. The van der Waals surface area contributed by atoms with Gasteiger partial charge in [0.15, 0.2) is 0 Å². The van der Waals surface area contributed by atoms with E-state index in [1.54, 1.807) is 30.6 Å². The molecule has 1 N–H and O–H groups in total. The molecular formula is C14H13NO3. The Bertz CT molecular complexity index is 552. The average Bonchev–Trinajstić information content (AvgIpc) is 2.40. The highest BCUT2D eigenvalue weighted by Gasteiger charge is 2.11. The van der Waals surface area contributed by atoms with Crippen LogP contribution >= 0.6 is 0 Å². The number of rotatable bonds is 4.